The number of hydrogen-bond acceptors (Lipinski definition) is 6. The van der Waals surface area contributed by atoms with Gasteiger partial charge >= 0.3 is 11.9 Å². The lowest BCUT2D eigenvalue weighted by Crippen LogP contribution is -2.73. The molecule has 2 rings (SSSR count). The first kappa shape index (κ1) is 54.8. The van der Waals surface area contributed by atoms with Crippen LogP contribution in [0.3, 0.4) is 0 Å². The third-order valence-corrected chi connectivity index (χ3v) is 13.1. The summed E-state index contributed by atoms with van der Waals surface area (Å²) in [5, 5.41) is 45.1. The summed E-state index contributed by atoms with van der Waals surface area (Å²) in [6.07, 6.45) is 32.3. The summed E-state index contributed by atoms with van der Waals surface area (Å²) < 4.78 is 0. The van der Waals surface area contributed by atoms with Crippen LogP contribution in [0.4, 0.5) is 0 Å². The van der Waals surface area contributed by atoms with E-state index >= 15 is 0 Å². The number of unbranched alkanes of at least 4 members (excludes halogenated alkanes) is 26. The molecule has 2 aromatic rings. The number of rotatable bonds is 41. The van der Waals surface area contributed by atoms with E-state index in [0.717, 1.165) is 51.4 Å². The first-order valence-corrected chi connectivity index (χ1v) is 25.1. The molecule has 0 fully saturated rings. The van der Waals surface area contributed by atoms with Crippen LogP contribution < -0.4 is 0 Å². The highest BCUT2D eigenvalue weighted by atomic mass is 16.5. The molecule has 0 aromatic heterocycles. The van der Waals surface area contributed by atoms with Crippen molar-refractivity contribution in [2.75, 3.05) is 0 Å². The van der Waals surface area contributed by atoms with Crippen LogP contribution in [0.2, 0.25) is 0 Å². The summed E-state index contributed by atoms with van der Waals surface area (Å²) in [6, 6.07) is 17.9. The Morgan fingerprint density at radius 1 is 0.387 bits per heavy atom. The van der Waals surface area contributed by atoms with E-state index in [1.165, 1.54) is 116 Å². The molecule has 0 amide bonds. The number of Topliss-reactive ketones (excluding diaryl/α,β-unsaturated/α-hetero) is 2. The van der Waals surface area contributed by atoms with Gasteiger partial charge in [-0.15, -0.1) is 0 Å². The van der Waals surface area contributed by atoms with Gasteiger partial charge in [0.2, 0.25) is 0 Å². The van der Waals surface area contributed by atoms with Crippen LogP contribution in [-0.4, -0.2) is 55.1 Å². The van der Waals surface area contributed by atoms with E-state index in [2.05, 4.69) is 13.8 Å². The molecule has 4 atom stereocenters. The molecule has 8 heteroatoms. The van der Waals surface area contributed by atoms with Crippen molar-refractivity contribution in [3.8, 4) is 0 Å². The van der Waals surface area contributed by atoms with Gasteiger partial charge in [0.05, 0.1) is 0 Å². The molecule has 0 radical (unpaired) electrons. The fourth-order valence-corrected chi connectivity index (χ4v) is 9.09. The zero-order valence-corrected chi connectivity index (χ0v) is 39.0. The number of benzene rings is 2. The Kier molecular flexibility index (Phi) is 29.3. The maximum atomic E-state index is 14.5. The quantitative estimate of drug-likeness (QED) is 0.0381. The summed E-state index contributed by atoms with van der Waals surface area (Å²) in [6.45, 7) is 4.47. The molecule has 0 spiro atoms. The van der Waals surface area contributed by atoms with Gasteiger partial charge in [-0.1, -0.05) is 254 Å². The number of carboxylic acids is 2. The first-order chi connectivity index (χ1) is 30.0. The van der Waals surface area contributed by atoms with Crippen molar-refractivity contribution in [3.05, 3.63) is 71.8 Å². The molecular weight excluding hydrogens is 777 g/mol. The van der Waals surface area contributed by atoms with Crippen molar-refractivity contribution in [1.29, 1.82) is 0 Å². The number of carbonyl (C=O) groups excluding carboxylic acids is 2. The minimum absolute atomic E-state index is 0.0318. The predicted octanol–water partition coefficient (Wildman–Crippen LogP) is 13.2. The fraction of sp³-hybridized carbons (Fsp3) is 0.704. The van der Waals surface area contributed by atoms with Gasteiger partial charge in [-0.2, -0.15) is 0 Å². The molecule has 0 aliphatic carbocycles. The number of aliphatic hydroxyl groups is 2. The van der Waals surface area contributed by atoms with Crippen LogP contribution in [0.25, 0.3) is 0 Å². The highest BCUT2D eigenvalue weighted by Gasteiger charge is 2.70. The van der Waals surface area contributed by atoms with Gasteiger partial charge in [-0.05, 0) is 36.8 Å². The lowest BCUT2D eigenvalue weighted by Gasteiger charge is -2.38. The molecule has 62 heavy (non-hydrogen) atoms. The second-order valence-electron chi connectivity index (χ2n) is 18.3. The predicted molar refractivity (Wildman–Crippen MR) is 252 cm³/mol. The van der Waals surface area contributed by atoms with E-state index in [-0.39, 0.29) is 25.7 Å². The van der Waals surface area contributed by atoms with E-state index in [4.69, 9.17) is 0 Å². The van der Waals surface area contributed by atoms with Crippen LogP contribution in [0.15, 0.2) is 60.7 Å². The Balaban J connectivity index is 2.12. The average Bonchev–Trinajstić information content (AvgIpc) is 3.27. The summed E-state index contributed by atoms with van der Waals surface area (Å²) in [4.78, 5) is 55.2. The Morgan fingerprint density at radius 2 is 0.613 bits per heavy atom. The molecule has 0 aliphatic rings. The average molecular weight is 863 g/mol. The normalized spacial score (nSPS) is 14.5. The zero-order valence-electron chi connectivity index (χ0n) is 39.0. The second-order valence-corrected chi connectivity index (χ2v) is 18.3. The van der Waals surface area contributed by atoms with Gasteiger partial charge in [-0.3, -0.25) is 9.59 Å². The van der Waals surface area contributed by atoms with Crippen molar-refractivity contribution in [2.24, 2.45) is 11.8 Å². The summed E-state index contributed by atoms with van der Waals surface area (Å²) >= 11 is 0. The highest BCUT2D eigenvalue weighted by molar-refractivity contribution is 6.22. The van der Waals surface area contributed by atoms with Gasteiger partial charge in [0.1, 0.15) is 0 Å². The Hall–Kier alpha value is -3.36. The Bertz CT molecular complexity index is 1370. The van der Waals surface area contributed by atoms with Crippen LogP contribution >= 0.6 is 0 Å². The first-order valence-electron chi connectivity index (χ1n) is 25.1. The minimum Gasteiger partial charge on any atom is -0.479 e. The minimum atomic E-state index is -3.91. The topological polar surface area (TPSA) is 149 Å². The van der Waals surface area contributed by atoms with Crippen molar-refractivity contribution in [1.82, 2.24) is 0 Å². The number of ketones is 2. The molecule has 0 unspecified atom stereocenters. The lowest BCUT2D eigenvalue weighted by molar-refractivity contribution is -0.210. The smallest absolute Gasteiger partial charge is 0.347 e. The van der Waals surface area contributed by atoms with Crippen molar-refractivity contribution < 1.29 is 39.6 Å². The van der Waals surface area contributed by atoms with E-state index < -0.39 is 46.5 Å². The van der Waals surface area contributed by atoms with Crippen LogP contribution in [0.1, 0.15) is 218 Å². The molecular formula is C54H86O8. The SMILES string of the molecule is CCCCCCCCCCCCCCCC[C@H](Cc1ccccc1)C(=O)[C@@](O)(C(=O)O)[C@](O)(C(=O)O)C(=O)[C@H](CCCCCCCCCCCCCCCC)Cc1ccccc1. The standard InChI is InChI=1S/C54H86O8/c1-3-5-7-9-11-13-15-17-19-21-23-25-27-35-41-47(43-45-37-31-29-32-38-45)49(55)53(61,51(57)58)54(62,52(59)60)50(56)48(44-46-39-33-30-34-40-46)42-36-28-26-24-22-20-18-16-14-12-10-8-6-4-2/h29-34,37-40,47-48,61-62H,3-28,35-36,41-44H2,1-2H3,(H,57,58)(H,59,60)/t47-,48-,53-,54-/m1/s1. The monoisotopic (exact) mass is 863 g/mol. The number of aliphatic carboxylic acids is 2. The highest BCUT2D eigenvalue weighted by Crippen LogP contribution is 2.36. The van der Waals surface area contributed by atoms with E-state index in [1.807, 2.05) is 12.1 Å². The third-order valence-electron chi connectivity index (χ3n) is 13.1. The molecule has 8 nitrogen and oxygen atoms in total. The molecule has 0 saturated carbocycles. The maximum Gasteiger partial charge on any atom is 0.347 e. The van der Waals surface area contributed by atoms with Gasteiger partial charge in [0, 0.05) is 11.8 Å². The summed E-state index contributed by atoms with van der Waals surface area (Å²) in [5.74, 6) is -9.47. The van der Waals surface area contributed by atoms with E-state index in [1.54, 1.807) is 48.5 Å². The summed E-state index contributed by atoms with van der Waals surface area (Å²) in [5.41, 5.74) is -6.41. The molecule has 4 N–H and O–H groups in total. The largest absolute Gasteiger partial charge is 0.479 e. The van der Waals surface area contributed by atoms with E-state index in [9.17, 15) is 39.6 Å². The van der Waals surface area contributed by atoms with Crippen LogP contribution in [0, 0.1) is 11.8 Å². The Labute approximate surface area is 376 Å². The number of hydrogen-bond donors (Lipinski definition) is 4. The molecule has 0 heterocycles. The van der Waals surface area contributed by atoms with Gasteiger partial charge in [0.15, 0.2) is 11.6 Å². The van der Waals surface area contributed by atoms with Gasteiger partial charge < -0.3 is 20.4 Å². The second kappa shape index (κ2) is 33.2. The maximum absolute atomic E-state index is 14.5. The molecule has 0 saturated heterocycles. The fourth-order valence-electron chi connectivity index (χ4n) is 9.09. The zero-order chi connectivity index (χ0) is 45.3. The van der Waals surface area contributed by atoms with Crippen molar-refractivity contribution >= 4 is 23.5 Å². The summed E-state index contributed by atoms with van der Waals surface area (Å²) in [7, 11) is 0. The van der Waals surface area contributed by atoms with Crippen LogP contribution in [0.5, 0.6) is 0 Å². The Morgan fingerprint density at radius 3 is 0.839 bits per heavy atom. The third kappa shape index (κ3) is 20.0. The molecule has 0 bridgehead atoms. The lowest BCUT2D eigenvalue weighted by atomic mass is 9.68. The van der Waals surface area contributed by atoms with Crippen LogP contribution in [-0.2, 0) is 32.0 Å². The van der Waals surface area contributed by atoms with Crippen molar-refractivity contribution in [3.63, 3.8) is 0 Å². The molecule has 2 aromatic carbocycles. The number of carbonyl (C=O) groups is 4. The van der Waals surface area contributed by atoms with Crippen molar-refractivity contribution in [2.45, 2.75) is 231 Å². The van der Waals surface area contributed by atoms with E-state index in [0.29, 0.717) is 24.0 Å². The van der Waals surface area contributed by atoms with Gasteiger partial charge in [-0.25, -0.2) is 9.59 Å². The number of carboxylic acid groups (broad SMARTS) is 2. The molecule has 0 aliphatic heterocycles. The van der Waals surface area contributed by atoms with Gasteiger partial charge in [0.25, 0.3) is 11.2 Å². The molecule has 350 valence electrons.